The van der Waals surface area contributed by atoms with E-state index >= 15 is 0 Å². The number of aromatic hydroxyl groups is 1. The molecule has 2 aliphatic rings. The van der Waals surface area contributed by atoms with Gasteiger partial charge in [0.25, 0.3) is 0 Å². The third-order valence-electron chi connectivity index (χ3n) is 4.93. The van der Waals surface area contributed by atoms with Gasteiger partial charge in [-0.3, -0.25) is 0 Å². The topological polar surface area (TPSA) is 41.5 Å². The first-order chi connectivity index (χ1) is 11.2. The minimum atomic E-state index is -0.256. The summed E-state index contributed by atoms with van der Waals surface area (Å²) in [5.41, 5.74) is 2.27. The molecule has 1 aliphatic carbocycles. The van der Waals surface area contributed by atoms with Crippen LogP contribution in [-0.2, 0) is 0 Å². The van der Waals surface area contributed by atoms with E-state index in [1.807, 2.05) is 18.2 Å². The van der Waals surface area contributed by atoms with Crippen LogP contribution in [0.25, 0.3) is 0 Å². The molecule has 2 aromatic carbocycles. The van der Waals surface area contributed by atoms with Crippen LogP contribution in [0.2, 0.25) is 0 Å². The molecule has 1 heterocycles. The number of phenolic OH excluding ortho intramolecular Hbond substituents is 1. The zero-order valence-corrected chi connectivity index (χ0v) is 12.8. The Labute approximate surface area is 134 Å². The number of allylic oxidation sites excluding steroid dienone is 2. The zero-order chi connectivity index (χ0) is 16.0. The number of rotatable bonds is 2. The molecule has 0 aromatic heterocycles. The first-order valence-corrected chi connectivity index (χ1v) is 7.78. The van der Waals surface area contributed by atoms with Crippen molar-refractivity contribution < 1.29 is 14.2 Å². The number of nitrogens with one attached hydrogen (secondary N) is 1. The van der Waals surface area contributed by atoms with Crippen molar-refractivity contribution in [3.05, 3.63) is 65.5 Å². The number of fused-ring (bicyclic) bond motifs is 3. The van der Waals surface area contributed by atoms with Gasteiger partial charge in [0.15, 0.2) is 11.5 Å². The van der Waals surface area contributed by atoms with Crippen LogP contribution in [0.5, 0.6) is 11.5 Å². The number of halogens is 1. The monoisotopic (exact) mass is 311 g/mol. The van der Waals surface area contributed by atoms with Gasteiger partial charge in [-0.2, -0.15) is 0 Å². The van der Waals surface area contributed by atoms with Crippen LogP contribution < -0.4 is 10.1 Å². The predicted molar refractivity (Wildman–Crippen MR) is 87.4 cm³/mol. The second kappa shape index (κ2) is 5.30. The van der Waals surface area contributed by atoms with Crippen LogP contribution in [0.3, 0.4) is 0 Å². The number of hydrogen-bond donors (Lipinski definition) is 2. The van der Waals surface area contributed by atoms with Crippen molar-refractivity contribution in [3.63, 3.8) is 0 Å². The standard InChI is InChI=1S/C19H18FNO2/c1-23-16-10-4-8-14(19(16)22)17-12-6-2-5-11(12)13-7-3-9-15(20)18(13)21-17/h2-5,7-12,17,21-22H,6H2,1H3. The Morgan fingerprint density at radius 2 is 1.96 bits per heavy atom. The van der Waals surface area contributed by atoms with Gasteiger partial charge in [-0.1, -0.05) is 36.4 Å². The lowest BCUT2D eigenvalue weighted by Crippen LogP contribution is -2.29. The van der Waals surface area contributed by atoms with E-state index in [9.17, 15) is 9.50 Å². The van der Waals surface area contributed by atoms with Crippen molar-refractivity contribution in [1.29, 1.82) is 0 Å². The fraction of sp³-hybridized carbons (Fsp3) is 0.263. The Bertz CT molecular complexity index is 787. The van der Waals surface area contributed by atoms with Gasteiger partial charge in [0.1, 0.15) is 5.82 Å². The average molecular weight is 311 g/mol. The molecular weight excluding hydrogens is 293 g/mol. The van der Waals surface area contributed by atoms with E-state index in [-0.39, 0.29) is 29.4 Å². The summed E-state index contributed by atoms with van der Waals surface area (Å²) in [4.78, 5) is 0. The smallest absolute Gasteiger partial charge is 0.163 e. The Kier molecular flexibility index (Phi) is 3.26. The lowest BCUT2D eigenvalue weighted by atomic mass is 9.76. The van der Waals surface area contributed by atoms with Gasteiger partial charge in [0.05, 0.1) is 18.8 Å². The van der Waals surface area contributed by atoms with E-state index in [0.717, 1.165) is 17.5 Å². The molecule has 3 unspecified atom stereocenters. The molecule has 0 saturated carbocycles. The van der Waals surface area contributed by atoms with Crippen molar-refractivity contribution in [2.75, 3.05) is 12.4 Å². The molecule has 2 aromatic rings. The van der Waals surface area contributed by atoms with E-state index in [1.165, 1.54) is 13.2 Å². The summed E-state index contributed by atoms with van der Waals surface area (Å²) in [6.45, 7) is 0. The van der Waals surface area contributed by atoms with Gasteiger partial charge < -0.3 is 15.2 Å². The van der Waals surface area contributed by atoms with Gasteiger partial charge >= 0.3 is 0 Å². The molecule has 23 heavy (non-hydrogen) atoms. The van der Waals surface area contributed by atoms with E-state index in [4.69, 9.17) is 4.74 Å². The SMILES string of the molecule is COc1cccc(C2Nc3c(F)cccc3C3C=CCC32)c1O. The summed E-state index contributed by atoms with van der Waals surface area (Å²) in [6.07, 6.45) is 5.18. The first kappa shape index (κ1) is 14.1. The molecule has 3 nitrogen and oxygen atoms in total. The minimum absolute atomic E-state index is 0.123. The van der Waals surface area contributed by atoms with Gasteiger partial charge in [0.2, 0.25) is 0 Å². The third kappa shape index (κ3) is 2.09. The molecule has 0 bridgehead atoms. The highest BCUT2D eigenvalue weighted by molar-refractivity contribution is 5.62. The molecule has 2 N–H and O–H groups in total. The quantitative estimate of drug-likeness (QED) is 0.809. The Morgan fingerprint density at radius 3 is 2.78 bits per heavy atom. The molecule has 0 amide bonds. The summed E-state index contributed by atoms with van der Waals surface area (Å²) in [5.74, 6) is 0.720. The molecule has 3 atom stereocenters. The third-order valence-corrected chi connectivity index (χ3v) is 4.93. The fourth-order valence-electron chi connectivity index (χ4n) is 3.85. The van der Waals surface area contributed by atoms with Crippen LogP contribution in [0, 0.1) is 11.7 Å². The van der Waals surface area contributed by atoms with E-state index in [2.05, 4.69) is 17.5 Å². The highest BCUT2D eigenvalue weighted by atomic mass is 19.1. The molecule has 4 rings (SSSR count). The number of benzene rings is 2. The second-order valence-electron chi connectivity index (χ2n) is 6.08. The van der Waals surface area contributed by atoms with E-state index < -0.39 is 0 Å². The van der Waals surface area contributed by atoms with Crippen LogP contribution in [0.15, 0.2) is 48.6 Å². The number of phenols is 1. The molecule has 118 valence electrons. The summed E-state index contributed by atoms with van der Waals surface area (Å²) < 4.78 is 19.5. The van der Waals surface area contributed by atoms with Crippen molar-refractivity contribution in [3.8, 4) is 11.5 Å². The highest BCUT2D eigenvalue weighted by Gasteiger charge is 2.40. The molecular formula is C19H18FNO2. The van der Waals surface area contributed by atoms with Gasteiger partial charge in [-0.25, -0.2) is 4.39 Å². The maximum atomic E-state index is 14.3. The number of hydrogen-bond acceptors (Lipinski definition) is 3. The van der Waals surface area contributed by atoms with E-state index in [1.54, 1.807) is 12.1 Å². The van der Waals surface area contributed by atoms with Crippen molar-refractivity contribution in [1.82, 2.24) is 0 Å². The van der Waals surface area contributed by atoms with E-state index in [0.29, 0.717) is 11.4 Å². The summed E-state index contributed by atoms with van der Waals surface area (Å²) in [7, 11) is 1.53. The lowest BCUT2D eigenvalue weighted by Gasteiger charge is -2.37. The maximum absolute atomic E-state index is 14.3. The van der Waals surface area contributed by atoms with Crippen molar-refractivity contribution >= 4 is 5.69 Å². The van der Waals surface area contributed by atoms with Crippen LogP contribution in [0.4, 0.5) is 10.1 Å². The fourth-order valence-corrected chi connectivity index (χ4v) is 3.85. The molecule has 4 heteroatoms. The van der Waals surface area contributed by atoms with Gasteiger partial charge in [0, 0.05) is 11.5 Å². The molecule has 1 aliphatic heterocycles. The van der Waals surface area contributed by atoms with Gasteiger partial charge in [-0.05, 0) is 30.0 Å². The summed E-state index contributed by atoms with van der Waals surface area (Å²) in [5, 5.41) is 13.8. The average Bonchev–Trinajstić information content (AvgIpc) is 3.05. The summed E-state index contributed by atoms with van der Waals surface area (Å²) >= 11 is 0. The number of ether oxygens (including phenoxy) is 1. The molecule has 0 fully saturated rings. The van der Waals surface area contributed by atoms with Crippen LogP contribution in [0.1, 0.15) is 29.5 Å². The number of anilines is 1. The largest absolute Gasteiger partial charge is 0.504 e. The lowest BCUT2D eigenvalue weighted by molar-refractivity contribution is 0.358. The summed E-state index contributed by atoms with van der Waals surface area (Å²) in [6, 6.07) is 10.5. The van der Waals surface area contributed by atoms with Crippen molar-refractivity contribution in [2.45, 2.75) is 18.4 Å². The second-order valence-corrected chi connectivity index (χ2v) is 6.08. The van der Waals surface area contributed by atoms with Crippen molar-refractivity contribution in [2.24, 2.45) is 5.92 Å². The van der Waals surface area contributed by atoms with Gasteiger partial charge in [-0.15, -0.1) is 0 Å². The normalized spacial score (nSPS) is 24.7. The minimum Gasteiger partial charge on any atom is -0.504 e. The van der Waals surface area contributed by atoms with Crippen LogP contribution in [-0.4, -0.2) is 12.2 Å². The molecule has 0 saturated heterocycles. The molecule has 0 spiro atoms. The molecule has 0 radical (unpaired) electrons. The number of methoxy groups -OCH3 is 1. The Balaban J connectivity index is 1.84. The van der Waals surface area contributed by atoms with Crippen LogP contribution >= 0.6 is 0 Å². The first-order valence-electron chi connectivity index (χ1n) is 7.78. The number of para-hydroxylation sites is 2. The Morgan fingerprint density at radius 1 is 1.17 bits per heavy atom. The predicted octanol–water partition coefficient (Wildman–Crippen LogP) is 4.37. The zero-order valence-electron chi connectivity index (χ0n) is 12.8. The highest BCUT2D eigenvalue weighted by Crippen LogP contribution is 2.52. The Hall–Kier alpha value is -2.49. The maximum Gasteiger partial charge on any atom is 0.163 e.